The molecule has 0 bridgehead atoms. The fourth-order valence-corrected chi connectivity index (χ4v) is 4.14. The van der Waals surface area contributed by atoms with E-state index in [-0.39, 0.29) is 17.8 Å². The molecule has 0 radical (unpaired) electrons. The molecule has 0 saturated heterocycles. The number of halogens is 1. The largest absolute Gasteiger partial charge is 0.383 e. The Balaban J connectivity index is 1.43. The summed E-state index contributed by atoms with van der Waals surface area (Å²) in [5, 5.41) is 6.47. The summed E-state index contributed by atoms with van der Waals surface area (Å²) in [7, 11) is 1.89. The van der Waals surface area contributed by atoms with Gasteiger partial charge in [0, 0.05) is 25.3 Å². The highest BCUT2D eigenvalue weighted by Gasteiger charge is 2.22. The maximum Gasteiger partial charge on any atom is 0.256 e. The summed E-state index contributed by atoms with van der Waals surface area (Å²) >= 11 is 0. The van der Waals surface area contributed by atoms with Gasteiger partial charge in [-0.05, 0) is 61.0 Å². The predicted molar refractivity (Wildman–Crippen MR) is 129 cm³/mol. The molecule has 1 amide bonds. The van der Waals surface area contributed by atoms with Gasteiger partial charge < -0.3 is 20.3 Å². The summed E-state index contributed by atoms with van der Waals surface area (Å²) in [6.07, 6.45) is 0.542. The van der Waals surface area contributed by atoms with Crippen molar-refractivity contribution < 1.29 is 13.9 Å². The second-order valence-corrected chi connectivity index (χ2v) is 8.27. The molecule has 1 heterocycles. The molecular weight excluding hydrogens is 417 g/mol. The number of benzene rings is 3. The summed E-state index contributed by atoms with van der Waals surface area (Å²) in [5.74, 6) is -0.221. The van der Waals surface area contributed by atoms with Gasteiger partial charge in [0.15, 0.2) is 0 Å². The van der Waals surface area contributed by atoms with E-state index >= 15 is 0 Å². The van der Waals surface area contributed by atoms with E-state index < -0.39 is 0 Å². The van der Waals surface area contributed by atoms with Crippen molar-refractivity contribution in [3.8, 4) is 0 Å². The van der Waals surface area contributed by atoms with Gasteiger partial charge in [-0.15, -0.1) is 0 Å². The Morgan fingerprint density at radius 3 is 2.73 bits per heavy atom. The normalized spacial score (nSPS) is 14.4. The van der Waals surface area contributed by atoms with E-state index in [2.05, 4.69) is 16.7 Å². The zero-order valence-corrected chi connectivity index (χ0v) is 18.9. The molecule has 5 nitrogen and oxygen atoms in total. The Bertz CT molecular complexity index is 1090. The molecule has 172 valence electrons. The van der Waals surface area contributed by atoms with Gasteiger partial charge in [-0.25, -0.2) is 4.39 Å². The molecule has 0 aromatic heterocycles. The van der Waals surface area contributed by atoms with Crippen LogP contribution in [-0.2, 0) is 17.9 Å². The fourth-order valence-electron chi connectivity index (χ4n) is 4.14. The number of para-hydroxylation sites is 1. The van der Waals surface area contributed by atoms with Gasteiger partial charge in [0.25, 0.3) is 5.91 Å². The molecule has 1 aliphatic heterocycles. The number of nitrogens with one attached hydrogen (secondary N) is 2. The van der Waals surface area contributed by atoms with E-state index in [0.717, 1.165) is 35.3 Å². The topological polar surface area (TPSA) is 53.6 Å². The highest BCUT2D eigenvalue weighted by atomic mass is 19.1. The van der Waals surface area contributed by atoms with E-state index in [0.29, 0.717) is 31.8 Å². The van der Waals surface area contributed by atoms with Gasteiger partial charge >= 0.3 is 0 Å². The molecule has 33 heavy (non-hydrogen) atoms. The smallest absolute Gasteiger partial charge is 0.256 e. The van der Waals surface area contributed by atoms with E-state index in [9.17, 15) is 9.18 Å². The number of hydrogen-bond donors (Lipinski definition) is 2. The Kier molecular flexibility index (Phi) is 7.70. The van der Waals surface area contributed by atoms with Crippen LogP contribution in [0.1, 0.15) is 39.6 Å². The van der Waals surface area contributed by atoms with Crippen molar-refractivity contribution in [2.75, 3.05) is 32.0 Å². The molecule has 6 heteroatoms. The van der Waals surface area contributed by atoms with Crippen LogP contribution in [0.15, 0.2) is 72.8 Å². The monoisotopic (exact) mass is 447 g/mol. The van der Waals surface area contributed by atoms with Crippen molar-refractivity contribution in [3.63, 3.8) is 0 Å². The molecule has 2 N–H and O–H groups in total. The maximum atomic E-state index is 13.7. The quantitative estimate of drug-likeness (QED) is 0.497. The minimum Gasteiger partial charge on any atom is -0.383 e. The number of hydrogen-bond acceptors (Lipinski definition) is 4. The molecule has 0 aliphatic carbocycles. The fraction of sp³-hybridized carbons (Fsp3) is 0.296. The molecule has 0 fully saturated rings. The van der Waals surface area contributed by atoms with Crippen LogP contribution in [0.2, 0.25) is 0 Å². The lowest BCUT2D eigenvalue weighted by Gasteiger charge is -2.21. The summed E-state index contributed by atoms with van der Waals surface area (Å²) in [6, 6.07) is 22.4. The summed E-state index contributed by atoms with van der Waals surface area (Å²) < 4.78 is 19.9. The minimum atomic E-state index is -0.259. The first-order valence-corrected chi connectivity index (χ1v) is 11.4. The van der Waals surface area contributed by atoms with Crippen LogP contribution in [-0.4, -0.2) is 37.5 Å². The molecule has 0 spiro atoms. The third-order valence-corrected chi connectivity index (χ3v) is 5.83. The number of amides is 1. The Morgan fingerprint density at radius 1 is 1.06 bits per heavy atom. The average molecular weight is 448 g/mol. The number of rotatable bonds is 9. The zero-order valence-electron chi connectivity index (χ0n) is 18.9. The van der Waals surface area contributed by atoms with Gasteiger partial charge in [0.1, 0.15) is 5.82 Å². The van der Waals surface area contributed by atoms with Crippen molar-refractivity contribution in [2.45, 2.75) is 25.7 Å². The lowest BCUT2D eigenvalue weighted by atomic mass is 10.1. The lowest BCUT2D eigenvalue weighted by Crippen LogP contribution is -2.32. The van der Waals surface area contributed by atoms with E-state index in [1.165, 1.54) is 12.1 Å². The van der Waals surface area contributed by atoms with Gasteiger partial charge in [0.05, 0.1) is 18.3 Å². The van der Waals surface area contributed by atoms with E-state index in [1.54, 1.807) is 6.07 Å². The second-order valence-electron chi connectivity index (χ2n) is 8.27. The minimum absolute atomic E-state index is 0.0375. The van der Waals surface area contributed by atoms with Crippen LogP contribution < -0.4 is 10.6 Å². The number of fused-ring (bicyclic) bond motifs is 1. The summed E-state index contributed by atoms with van der Waals surface area (Å²) in [4.78, 5) is 14.9. The third-order valence-electron chi connectivity index (χ3n) is 5.83. The first-order chi connectivity index (χ1) is 16.1. The van der Waals surface area contributed by atoms with Gasteiger partial charge in [-0.2, -0.15) is 0 Å². The van der Waals surface area contributed by atoms with Crippen LogP contribution in [0, 0.1) is 5.82 Å². The molecule has 3 aromatic carbocycles. The van der Waals surface area contributed by atoms with Crippen LogP contribution in [0.5, 0.6) is 0 Å². The molecule has 1 atom stereocenters. The van der Waals surface area contributed by atoms with Crippen molar-refractivity contribution in [1.82, 2.24) is 10.2 Å². The van der Waals surface area contributed by atoms with Crippen LogP contribution in [0.25, 0.3) is 0 Å². The first kappa shape index (κ1) is 23.0. The highest BCUT2D eigenvalue weighted by molar-refractivity contribution is 6.00. The number of carbonyl (C=O) groups is 1. The zero-order chi connectivity index (χ0) is 23.0. The standard InChI is InChI=1S/C27H30FN3O2/c1-29-13-12-26(22-8-5-9-23(28)17-22)33-19-21-7-4-6-20(16-21)18-31-15-14-30-25-11-3-2-10-24(25)27(31)32/h2-11,16-17,26,29-30H,12-15,18-19H2,1H3/t26-/m0/s1. The molecule has 4 rings (SSSR count). The van der Waals surface area contributed by atoms with Crippen LogP contribution in [0.3, 0.4) is 0 Å². The van der Waals surface area contributed by atoms with Gasteiger partial charge in [-0.3, -0.25) is 4.79 Å². The number of carbonyl (C=O) groups excluding carboxylic acids is 1. The van der Waals surface area contributed by atoms with Crippen molar-refractivity contribution in [2.24, 2.45) is 0 Å². The van der Waals surface area contributed by atoms with E-state index in [1.807, 2.05) is 60.5 Å². The van der Waals surface area contributed by atoms with Crippen molar-refractivity contribution in [1.29, 1.82) is 0 Å². The summed E-state index contributed by atoms with van der Waals surface area (Å²) in [6.45, 7) is 3.08. The third kappa shape index (κ3) is 5.97. The maximum absolute atomic E-state index is 13.7. The number of anilines is 1. The van der Waals surface area contributed by atoms with Crippen molar-refractivity contribution in [3.05, 3.63) is 101 Å². The van der Waals surface area contributed by atoms with Gasteiger partial charge in [0.2, 0.25) is 0 Å². The molecule has 0 unspecified atom stereocenters. The Hall–Kier alpha value is -3.22. The Labute approximate surface area is 194 Å². The number of ether oxygens (including phenoxy) is 1. The molecule has 3 aromatic rings. The average Bonchev–Trinajstić information content (AvgIpc) is 2.98. The molecular formula is C27H30FN3O2. The lowest BCUT2D eigenvalue weighted by molar-refractivity contribution is 0.0341. The van der Waals surface area contributed by atoms with Gasteiger partial charge in [-0.1, -0.05) is 48.5 Å². The summed E-state index contributed by atoms with van der Waals surface area (Å²) in [5.41, 5.74) is 4.51. The molecule has 1 aliphatic rings. The second kappa shape index (κ2) is 11.1. The van der Waals surface area contributed by atoms with Crippen molar-refractivity contribution >= 4 is 11.6 Å². The predicted octanol–water partition coefficient (Wildman–Crippen LogP) is 4.76. The highest BCUT2D eigenvalue weighted by Crippen LogP contribution is 2.24. The first-order valence-electron chi connectivity index (χ1n) is 11.4. The number of nitrogens with zero attached hydrogens (tertiary/aromatic N) is 1. The SMILES string of the molecule is CNCC[C@H](OCc1cccc(CN2CCNc3ccccc3C2=O)c1)c1cccc(F)c1. The Morgan fingerprint density at radius 2 is 1.88 bits per heavy atom. The van der Waals surface area contributed by atoms with Crippen LogP contribution >= 0.6 is 0 Å². The molecule has 0 saturated carbocycles. The van der Waals surface area contributed by atoms with Crippen LogP contribution in [0.4, 0.5) is 10.1 Å². The van der Waals surface area contributed by atoms with E-state index in [4.69, 9.17) is 4.74 Å².